The Morgan fingerprint density at radius 3 is 2.56 bits per heavy atom. The number of carbonyl (C=O) groups excluding carboxylic acids is 2. The summed E-state index contributed by atoms with van der Waals surface area (Å²) in [5.74, 6) is -1.05. The molecule has 1 N–H and O–H groups in total. The van der Waals surface area contributed by atoms with Gasteiger partial charge in [-0.3, -0.25) is 14.3 Å². The molecule has 2 aromatic rings. The van der Waals surface area contributed by atoms with Crippen LogP contribution in [0.2, 0.25) is 5.02 Å². The van der Waals surface area contributed by atoms with Crippen LogP contribution in [0, 0.1) is 0 Å². The summed E-state index contributed by atoms with van der Waals surface area (Å²) < 4.78 is 38.3. The quantitative estimate of drug-likeness (QED) is 0.875. The van der Waals surface area contributed by atoms with Crippen molar-refractivity contribution in [3.63, 3.8) is 0 Å². The molecule has 0 aliphatic carbocycles. The Morgan fingerprint density at radius 1 is 1.28 bits per heavy atom. The second-order valence-corrected chi connectivity index (χ2v) is 5.58. The van der Waals surface area contributed by atoms with Crippen molar-refractivity contribution in [1.29, 1.82) is 0 Å². The van der Waals surface area contributed by atoms with E-state index in [9.17, 15) is 22.8 Å². The first kappa shape index (κ1) is 18.8. The van der Waals surface area contributed by atoms with Crippen LogP contribution in [-0.2, 0) is 22.3 Å². The molecule has 0 unspecified atom stereocenters. The summed E-state index contributed by atoms with van der Waals surface area (Å²) in [4.78, 5) is 25.0. The summed E-state index contributed by atoms with van der Waals surface area (Å²) in [6, 6.07) is 7.36. The first-order valence-electron chi connectivity index (χ1n) is 7.06. The molecule has 0 bridgehead atoms. The van der Waals surface area contributed by atoms with Crippen LogP contribution in [0.15, 0.2) is 36.5 Å². The maximum Gasteiger partial charge on any atom is 0.435 e. The zero-order valence-electron chi connectivity index (χ0n) is 13.0. The van der Waals surface area contributed by atoms with E-state index in [2.05, 4.69) is 10.4 Å². The van der Waals surface area contributed by atoms with Gasteiger partial charge in [0, 0.05) is 13.2 Å². The van der Waals surface area contributed by atoms with Crippen molar-refractivity contribution in [3.8, 4) is 0 Å². The van der Waals surface area contributed by atoms with E-state index < -0.39 is 30.2 Å². The smallest absolute Gasteiger partial charge is 0.335 e. The molecule has 10 heteroatoms. The number of para-hydroxylation sites is 1. The monoisotopic (exact) mass is 374 g/mol. The lowest BCUT2D eigenvalue weighted by molar-refractivity contribution is -0.142. The van der Waals surface area contributed by atoms with Gasteiger partial charge in [-0.25, -0.2) is 0 Å². The Balaban J connectivity index is 1.90. The van der Waals surface area contributed by atoms with Crippen molar-refractivity contribution in [2.24, 2.45) is 0 Å². The molecule has 1 aromatic carbocycles. The average Bonchev–Trinajstić information content (AvgIpc) is 2.98. The molecule has 0 spiro atoms. The summed E-state index contributed by atoms with van der Waals surface area (Å²) in [5.41, 5.74) is -0.684. The molecule has 0 fully saturated rings. The Morgan fingerprint density at radius 2 is 1.96 bits per heavy atom. The van der Waals surface area contributed by atoms with Gasteiger partial charge in [-0.15, -0.1) is 0 Å². The van der Waals surface area contributed by atoms with Crippen molar-refractivity contribution in [2.45, 2.75) is 12.7 Å². The number of rotatable bonds is 5. The molecule has 0 saturated heterocycles. The van der Waals surface area contributed by atoms with Crippen molar-refractivity contribution in [3.05, 3.63) is 47.2 Å². The van der Waals surface area contributed by atoms with Crippen LogP contribution < -0.4 is 5.32 Å². The molecule has 0 saturated carbocycles. The Labute approximate surface area is 146 Å². The number of anilines is 1. The number of likely N-dealkylation sites (N-methyl/N-ethyl adjacent to an activating group) is 1. The second-order valence-electron chi connectivity index (χ2n) is 5.17. The van der Waals surface area contributed by atoms with Crippen molar-refractivity contribution in [1.82, 2.24) is 14.7 Å². The summed E-state index contributed by atoms with van der Waals surface area (Å²) in [5, 5.41) is 6.18. The molecule has 2 rings (SSSR count). The van der Waals surface area contributed by atoms with E-state index in [0.717, 1.165) is 21.8 Å². The Bertz CT molecular complexity index is 776. The van der Waals surface area contributed by atoms with Gasteiger partial charge >= 0.3 is 6.18 Å². The minimum absolute atomic E-state index is 0.280. The molecule has 25 heavy (non-hydrogen) atoms. The highest BCUT2D eigenvalue weighted by Crippen LogP contribution is 2.27. The number of carbonyl (C=O) groups is 2. The van der Waals surface area contributed by atoms with E-state index in [1.54, 1.807) is 24.3 Å². The number of nitrogens with zero attached hydrogens (tertiary/aromatic N) is 3. The molecule has 1 aromatic heterocycles. The topological polar surface area (TPSA) is 67.2 Å². The normalized spacial score (nSPS) is 11.2. The van der Waals surface area contributed by atoms with Gasteiger partial charge in [0.2, 0.25) is 11.8 Å². The van der Waals surface area contributed by atoms with Crippen LogP contribution in [0.3, 0.4) is 0 Å². The highest BCUT2D eigenvalue weighted by molar-refractivity contribution is 6.33. The van der Waals surface area contributed by atoms with E-state index in [4.69, 9.17) is 11.6 Å². The lowest BCUT2D eigenvalue weighted by atomic mass is 10.3. The predicted molar refractivity (Wildman–Crippen MR) is 84.9 cm³/mol. The molecule has 0 radical (unpaired) electrons. The minimum Gasteiger partial charge on any atom is -0.335 e. The lowest BCUT2D eigenvalue weighted by Crippen LogP contribution is -2.37. The molecule has 2 amide bonds. The number of alkyl halides is 3. The van der Waals surface area contributed by atoms with Crippen LogP contribution in [0.25, 0.3) is 0 Å². The van der Waals surface area contributed by atoms with E-state index >= 15 is 0 Å². The third kappa shape index (κ3) is 5.21. The fraction of sp³-hybridized carbons (Fsp3) is 0.267. The lowest BCUT2D eigenvalue weighted by Gasteiger charge is -2.17. The van der Waals surface area contributed by atoms with Gasteiger partial charge < -0.3 is 10.2 Å². The Hall–Kier alpha value is -2.55. The standard InChI is InChI=1S/C15H14ClF3N4O2/c1-22(8-13(24)20-11-5-3-2-4-10(11)16)14(25)9-23-7-6-12(21-23)15(17,18)19/h2-7H,8-9H2,1H3,(H,20,24). The Kier molecular flexibility index (Phi) is 5.68. The largest absolute Gasteiger partial charge is 0.435 e. The third-order valence-electron chi connectivity index (χ3n) is 3.18. The van der Waals surface area contributed by atoms with E-state index in [1.165, 1.54) is 7.05 Å². The van der Waals surface area contributed by atoms with Crippen molar-refractivity contribution < 1.29 is 22.8 Å². The van der Waals surface area contributed by atoms with E-state index in [-0.39, 0.29) is 6.54 Å². The summed E-state index contributed by atoms with van der Waals surface area (Å²) in [6.45, 7) is -0.691. The fourth-order valence-corrected chi connectivity index (χ4v) is 2.10. The molecular formula is C15H14ClF3N4O2. The molecule has 134 valence electrons. The summed E-state index contributed by atoms with van der Waals surface area (Å²) in [7, 11) is 1.36. The fourth-order valence-electron chi connectivity index (χ4n) is 1.92. The first-order valence-corrected chi connectivity index (χ1v) is 7.43. The van der Waals surface area contributed by atoms with Gasteiger partial charge in [0.05, 0.1) is 17.3 Å². The van der Waals surface area contributed by atoms with Gasteiger partial charge in [-0.2, -0.15) is 18.3 Å². The molecule has 0 aliphatic heterocycles. The second kappa shape index (κ2) is 7.56. The van der Waals surface area contributed by atoms with Crippen LogP contribution in [-0.4, -0.2) is 40.1 Å². The predicted octanol–water partition coefficient (Wildman–Crippen LogP) is 2.65. The molecule has 1 heterocycles. The SMILES string of the molecule is CN(CC(=O)Nc1ccccc1Cl)C(=O)Cn1ccc(C(F)(F)F)n1. The first-order chi connectivity index (χ1) is 11.7. The number of halogens is 4. The number of aromatic nitrogens is 2. The van der Waals surface area contributed by atoms with E-state index in [0.29, 0.717) is 10.7 Å². The number of hydrogen-bond acceptors (Lipinski definition) is 3. The maximum atomic E-state index is 12.5. The van der Waals surface area contributed by atoms with Gasteiger partial charge in [0.25, 0.3) is 0 Å². The maximum absolute atomic E-state index is 12.5. The zero-order chi connectivity index (χ0) is 18.6. The zero-order valence-corrected chi connectivity index (χ0v) is 13.8. The van der Waals surface area contributed by atoms with Crippen molar-refractivity contribution in [2.75, 3.05) is 18.9 Å². The van der Waals surface area contributed by atoms with Gasteiger partial charge in [-0.1, -0.05) is 23.7 Å². The summed E-state index contributed by atoms with van der Waals surface area (Å²) >= 11 is 5.92. The van der Waals surface area contributed by atoms with Crippen LogP contribution in [0.4, 0.5) is 18.9 Å². The number of benzene rings is 1. The van der Waals surface area contributed by atoms with Gasteiger partial charge in [0.15, 0.2) is 5.69 Å². The number of amides is 2. The van der Waals surface area contributed by atoms with Crippen molar-refractivity contribution >= 4 is 29.1 Å². The third-order valence-corrected chi connectivity index (χ3v) is 3.51. The molecule has 0 atom stereocenters. The van der Waals surface area contributed by atoms with Crippen LogP contribution in [0.1, 0.15) is 5.69 Å². The summed E-state index contributed by atoms with van der Waals surface area (Å²) in [6.07, 6.45) is -3.52. The minimum atomic E-state index is -4.57. The number of hydrogen-bond donors (Lipinski definition) is 1. The highest BCUT2D eigenvalue weighted by atomic mass is 35.5. The van der Waals surface area contributed by atoms with Crippen LogP contribution >= 0.6 is 11.6 Å². The average molecular weight is 375 g/mol. The van der Waals surface area contributed by atoms with E-state index in [1.807, 2.05) is 0 Å². The van der Waals surface area contributed by atoms with Gasteiger partial charge in [-0.05, 0) is 18.2 Å². The van der Waals surface area contributed by atoms with Crippen LogP contribution in [0.5, 0.6) is 0 Å². The van der Waals surface area contributed by atoms with Gasteiger partial charge in [0.1, 0.15) is 6.54 Å². The molecule has 0 aliphatic rings. The number of nitrogens with one attached hydrogen (secondary N) is 1. The molecule has 6 nitrogen and oxygen atoms in total. The highest BCUT2D eigenvalue weighted by Gasteiger charge is 2.33. The molecular weight excluding hydrogens is 361 g/mol.